The molecule has 0 saturated carbocycles. The number of thiazole rings is 1. The van der Waals surface area contributed by atoms with Crippen molar-refractivity contribution in [2.45, 2.75) is 13.0 Å². The van der Waals surface area contributed by atoms with Gasteiger partial charge in [0.25, 0.3) is 0 Å². The molecule has 0 bridgehead atoms. The number of hydrogen-bond donors (Lipinski definition) is 2. The van der Waals surface area contributed by atoms with Gasteiger partial charge in [-0.05, 0) is 19.1 Å². The maximum atomic E-state index is 10.6. The number of aliphatic carboxylic acids is 1. The fourth-order valence-electron chi connectivity index (χ4n) is 1.12. The lowest BCUT2D eigenvalue weighted by molar-refractivity contribution is -0.137. The van der Waals surface area contributed by atoms with Crippen LogP contribution in [0.15, 0.2) is 17.6 Å². The van der Waals surface area contributed by atoms with Gasteiger partial charge in [-0.3, -0.25) is 4.79 Å². The zero-order valence-corrected chi connectivity index (χ0v) is 8.78. The third kappa shape index (κ3) is 2.04. The number of rotatable bonds is 3. The molecule has 15 heavy (non-hydrogen) atoms. The van der Waals surface area contributed by atoms with Gasteiger partial charge in [0.1, 0.15) is 11.9 Å². The van der Waals surface area contributed by atoms with Gasteiger partial charge in [0.15, 0.2) is 5.65 Å². The van der Waals surface area contributed by atoms with Gasteiger partial charge in [0, 0.05) is 0 Å². The van der Waals surface area contributed by atoms with E-state index in [0.29, 0.717) is 11.5 Å². The van der Waals surface area contributed by atoms with Gasteiger partial charge in [0.05, 0.1) is 10.2 Å². The molecule has 1 atom stereocenters. The number of carboxylic acid groups (broad SMARTS) is 1. The maximum absolute atomic E-state index is 10.6. The second kappa shape index (κ2) is 3.82. The summed E-state index contributed by atoms with van der Waals surface area (Å²) in [6, 6.07) is 2.96. The van der Waals surface area contributed by atoms with Gasteiger partial charge in [-0.25, -0.2) is 9.97 Å². The molecule has 0 amide bonds. The fraction of sp³-hybridized carbons (Fsp3) is 0.222. The van der Waals surface area contributed by atoms with Crippen LogP contribution < -0.4 is 5.32 Å². The number of carbonyl (C=O) groups is 1. The minimum atomic E-state index is -0.907. The highest BCUT2D eigenvalue weighted by Gasteiger charge is 2.11. The zero-order chi connectivity index (χ0) is 10.8. The highest BCUT2D eigenvalue weighted by molar-refractivity contribution is 7.16. The molecule has 5 nitrogen and oxygen atoms in total. The number of nitrogens with one attached hydrogen (secondary N) is 1. The van der Waals surface area contributed by atoms with Gasteiger partial charge in [-0.1, -0.05) is 0 Å². The predicted molar refractivity (Wildman–Crippen MR) is 58.1 cm³/mol. The van der Waals surface area contributed by atoms with E-state index >= 15 is 0 Å². The van der Waals surface area contributed by atoms with E-state index in [0.717, 1.165) is 4.70 Å². The average Bonchev–Trinajstić information content (AvgIpc) is 2.64. The van der Waals surface area contributed by atoms with Crippen molar-refractivity contribution in [2.24, 2.45) is 0 Å². The Hall–Kier alpha value is -1.69. The van der Waals surface area contributed by atoms with Crippen LogP contribution in [0.3, 0.4) is 0 Å². The lowest BCUT2D eigenvalue weighted by atomic mass is 10.3. The molecule has 0 aliphatic heterocycles. The van der Waals surface area contributed by atoms with Crippen LogP contribution in [0.5, 0.6) is 0 Å². The molecule has 0 aliphatic rings. The van der Waals surface area contributed by atoms with Crippen molar-refractivity contribution in [3.63, 3.8) is 0 Å². The van der Waals surface area contributed by atoms with E-state index in [4.69, 9.17) is 5.11 Å². The Morgan fingerprint density at radius 1 is 1.60 bits per heavy atom. The second-order valence-corrected chi connectivity index (χ2v) is 3.96. The molecule has 0 aromatic carbocycles. The molecular weight excluding hydrogens is 214 g/mol. The zero-order valence-electron chi connectivity index (χ0n) is 7.97. The van der Waals surface area contributed by atoms with Crippen LogP contribution in [0, 0.1) is 0 Å². The van der Waals surface area contributed by atoms with Crippen LogP contribution in [-0.4, -0.2) is 27.1 Å². The summed E-state index contributed by atoms with van der Waals surface area (Å²) in [4.78, 5) is 18.8. The summed E-state index contributed by atoms with van der Waals surface area (Å²) in [5.41, 5.74) is 2.35. The molecule has 0 spiro atoms. The Morgan fingerprint density at radius 3 is 3.13 bits per heavy atom. The van der Waals surface area contributed by atoms with E-state index in [1.54, 1.807) is 18.5 Å². The van der Waals surface area contributed by atoms with E-state index in [2.05, 4.69) is 15.3 Å². The number of fused-ring (bicyclic) bond motifs is 1. The van der Waals surface area contributed by atoms with Crippen LogP contribution in [-0.2, 0) is 4.79 Å². The first-order valence-corrected chi connectivity index (χ1v) is 5.24. The van der Waals surface area contributed by atoms with Crippen LogP contribution in [0.25, 0.3) is 10.3 Å². The minimum Gasteiger partial charge on any atom is -0.480 e. The number of anilines is 1. The van der Waals surface area contributed by atoms with Crippen LogP contribution >= 0.6 is 11.3 Å². The third-order valence-electron chi connectivity index (χ3n) is 1.93. The summed E-state index contributed by atoms with van der Waals surface area (Å²) in [7, 11) is 0. The molecule has 6 heteroatoms. The van der Waals surface area contributed by atoms with E-state index < -0.39 is 12.0 Å². The molecule has 2 rings (SSSR count). The Labute approximate surface area is 89.8 Å². The summed E-state index contributed by atoms with van der Waals surface area (Å²) in [5.74, 6) is -0.376. The van der Waals surface area contributed by atoms with E-state index in [9.17, 15) is 4.79 Å². The van der Waals surface area contributed by atoms with Crippen molar-refractivity contribution < 1.29 is 9.90 Å². The first kappa shape index (κ1) is 9.85. The summed E-state index contributed by atoms with van der Waals surface area (Å²) in [6.07, 6.45) is 0. The van der Waals surface area contributed by atoms with Crippen molar-refractivity contribution in [3.05, 3.63) is 17.6 Å². The standard InChI is InChI=1S/C9H9N3O2S/c1-5(9(13)14)11-7-3-2-6-8(12-7)10-4-15-6/h2-5H,1H3,(H,11,12)(H,13,14). The Kier molecular flexibility index (Phi) is 2.51. The summed E-state index contributed by atoms with van der Waals surface area (Å²) >= 11 is 1.50. The number of aromatic nitrogens is 2. The smallest absolute Gasteiger partial charge is 0.325 e. The van der Waals surface area contributed by atoms with E-state index in [-0.39, 0.29) is 0 Å². The molecule has 0 aliphatic carbocycles. The average molecular weight is 223 g/mol. The van der Waals surface area contributed by atoms with Crippen molar-refractivity contribution in [1.82, 2.24) is 9.97 Å². The van der Waals surface area contributed by atoms with Crippen molar-refractivity contribution in [1.29, 1.82) is 0 Å². The normalized spacial score (nSPS) is 12.6. The third-order valence-corrected chi connectivity index (χ3v) is 2.71. The first-order chi connectivity index (χ1) is 7.16. The lowest BCUT2D eigenvalue weighted by Gasteiger charge is -2.08. The van der Waals surface area contributed by atoms with Crippen molar-refractivity contribution >= 4 is 33.5 Å². The lowest BCUT2D eigenvalue weighted by Crippen LogP contribution is -2.25. The summed E-state index contributed by atoms with van der Waals surface area (Å²) in [5, 5.41) is 11.5. The van der Waals surface area contributed by atoms with Crippen LogP contribution in [0.1, 0.15) is 6.92 Å². The van der Waals surface area contributed by atoms with Crippen LogP contribution in [0.4, 0.5) is 5.82 Å². The van der Waals surface area contributed by atoms with Gasteiger partial charge in [-0.2, -0.15) is 0 Å². The summed E-state index contributed by atoms with van der Waals surface area (Å²) < 4.78 is 0.989. The van der Waals surface area contributed by atoms with E-state index in [1.807, 2.05) is 6.07 Å². The number of pyridine rings is 1. The van der Waals surface area contributed by atoms with Crippen molar-refractivity contribution in [3.8, 4) is 0 Å². The Morgan fingerprint density at radius 2 is 2.40 bits per heavy atom. The Bertz CT molecular complexity index is 497. The minimum absolute atomic E-state index is 0.531. The fourth-order valence-corrected chi connectivity index (χ4v) is 1.73. The highest BCUT2D eigenvalue weighted by atomic mass is 32.1. The molecule has 78 valence electrons. The van der Waals surface area contributed by atoms with Gasteiger partial charge in [0.2, 0.25) is 0 Å². The molecular formula is C9H9N3O2S. The summed E-state index contributed by atoms with van der Waals surface area (Å²) in [6.45, 7) is 1.56. The van der Waals surface area contributed by atoms with Crippen molar-refractivity contribution in [2.75, 3.05) is 5.32 Å². The number of hydrogen-bond acceptors (Lipinski definition) is 5. The molecule has 0 fully saturated rings. The maximum Gasteiger partial charge on any atom is 0.325 e. The molecule has 2 heterocycles. The molecule has 1 unspecified atom stereocenters. The predicted octanol–water partition coefficient (Wildman–Crippen LogP) is 1.58. The van der Waals surface area contributed by atoms with Crippen LogP contribution in [0.2, 0.25) is 0 Å². The SMILES string of the molecule is CC(Nc1ccc2scnc2n1)C(=O)O. The van der Waals surface area contributed by atoms with Gasteiger partial charge in [-0.15, -0.1) is 11.3 Å². The second-order valence-electron chi connectivity index (χ2n) is 3.07. The van der Waals surface area contributed by atoms with Gasteiger partial charge < -0.3 is 10.4 Å². The number of nitrogens with zero attached hydrogens (tertiary/aromatic N) is 2. The van der Waals surface area contributed by atoms with Gasteiger partial charge >= 0.3 is 5.97 Å². The highest BCUT2D eigenvalue weighted by Crippen LogP contribution is 2.18. The quantitative estimate of drug-likeness (QED) is 0.826. The van der Waals surface area contributed by atoms with E-state index in [1.165, 1.54) is 11.3 Å². The largest absolute Gasteiger partial charge is 0.480 e. The Balaban J connectivity index is 2.24. The molecule has 2 aromatic rings. The monoisotopic (exact) mass is 223 g/mol. The first-order valence-electron chi connectivity index (χ1n) is 4.36. The molecule has 2 aromatic heterocycles. The molecule has 2 N–H and O–H groups in total. The number of carboxylic acids is 1. The topological polar surface area (TPSA) is 75.1 Å². The molecule has 0 saturated heterocycles. The molecule has 0 radical (unpaired) electrons.